The van der Waals surface area contributed by atoms with Gasteiger partial charge in [0.1, 0.15) is 6.10 Å². The summed E-state index contributed by atoms with van der Waals surface area (Å²) in [7, 11) is 0. The van der Waals surface area contributed by atoms with Crippen LogP contribution in [0.5, 0.6) is 0 Å². The van der Waals surface area contributed by atoms with Crippen molar-refractivity contribution in [2.45, 2.75) is 20.0 Å². The molecular weight excluding hydrogens is 124 g/mol. The van der Waals surface area contributed by atoms with E-state index in [1.807, 2.05) is 0 Å². The molecule has 0 spiro atoms. The Kier molecular flexibility index (Phi) is 3.09. The molecule has 0 saturated heterocycles. The highest BCUT2D eigenvalue weighted by atomic mass is 32.1. The van der Waals surface area contributed by atoms with Gasteiger partial charge in [-0.1, -0.05) is 13.8 Å². The molecule has 0 aromatic carbocycles. The van der Waals surface area contributed by atoms with E-state index in [1.165, 1.54) is 0 Å². The molecule has 1 unspecified atom stereocenters. The minimum Gasteiger partial charge on any atom is -0.384 e. The van der Waals surface area contributed by atoms with Crippen LogP contribution >= 0.6 is 12.6 Å². The number of carbonyl (C=O) groups excluding carboxylic acids is 1. The summed E-state index contributed by atoms with van der Waals surface area (Å²) >= 11 is 3.44. The van der Waals surface area contributed by atoms with Gasteiger partial charge in [-0.15, -0.1) is 12.6 Å². The van der Waals surface area contributed by atoms with Gasteiger partial charge in [0, 0.05) is 0 Å². The standard InChI is InChI=1S/C5H10O2S/c1-3(2)4(6)5(7)8/h3-4,6H,1-2H3,(H,7,8). The van der Waals surface area contributed by atoms with Gasteiger partial charge in [-0.25, -0.2) is 0 Å². The number of aliphatic hydroxyl groups is 1. The van der Waals surface area contributed by atoms with Gasteiger partial charge in [0.25, 0.3) is 0 Å². The maximum absolute atomic E-state index is 10.2. The fourth-order valence-corrected chi connectivity index (χ4v) is 0.583. The Labute approximate surface area is 54.3 Å². The van der Waals surface area contributed by atoms with E-state index in [2.05, 4.69) is 12.6 Å². The number of hydrogen-bond acceptors (Lipinski definition) is 2. The van der Waals surface area contributed by atoms with Crippen molar-refractivity contribution in [1.82, 2.24) is 0 Å². The van der Waals surface area contributed by atoms with Gasteiger partial charge in [-0.2, -0.15) is 0 Å². The van der Waals surface area contributed by atoms with Crippen molar-refractivity contribution < 1.29 is 9.90 Å². The smallest absolute Gasteiger partial charge is 0.214 e. The first-order chi connectivity index (χ1) is 3.55. The summed E-state index contributed by atoms with van der Waals surface area (Å²) in [6.45, 7) is 3.53. The van der Waals surface area contributed by atoms with Crippen LogP contribution in [-0.2, 0) is 4.79 Å². The third-order valence-corrected chi connectivity index (χ3v) is 1.15. The Hall–Kier alpha value is -0.0200. The van der Waals surface area contributed by atoms with Crippen LogP contribution in [0.25, 0.3) is 0 Å². The summed E-state index contributed by atoms with van der Waals surface area (Å²) in [4.78, 5) is 10.2. The van der Waals surface area contributed by atoms with E-state index >= 15 is 0 Å². The second-order valence-corrected chi connectivity index (χ2v) is 2.47. The van der Waals surface area contributed by atoms with Crippen molar-refractivity contribution in [3.8, 4) is 0 Å². The van der Waals surface area contributed by atoms with E-state index < -0.39 is 11.2 Å². The van der Waals surface area contributed by atoms with Crippen LogP contribution < -0.4 is 0 Å². The van der Waals surface area contributed by atoms with Gasteiger partial charge in [-0.05, 0) is 5.92 Å². The monoisotopic (exact) mass is 134 g/mol. The van der Waals surface area contributed by atoms with Crippen molar-refractivity contribution in [2.24, 2.45) is 5.92 Å². The maximum atomic E-state index is 10.2. The van der Waals surface area contributed by atoms with Crippen molar-refractivity contribution in [3.63, 3.8) is 0 Å². The molecule has 1 N–H and O–H groups in total. The number of hydrogen-bond donors (Lipinski definition) is 2. The zero-order valence-corrected chi connectivity index (χ0v) is 5.85. The predicted molar refractivity (Wildman–Crippen MR) is 34.8 cm³/mol. The van der Waals surface area contributed by atoms with Crippen molar-refractivity contribution in [2.75, 3.05) is 0 Å². The third-order valence-electron chi connectivity index (χ3n) is 0.884. The molecule has 0 aliphatic heterocycles. The van der Waals surface area contributed by atoms with E-state index in [4.69, 9.17) is 5.11 Å². The third kappa shape index (κ3) is 2.33. The molecule has 0 saturated carbocycles. The summed E-state index contributed by atoms with van der Waals surface area (Å²) in [6.07, 6.45) is -0.904. The lowest BCUT2D eigenvalue weighted by Gasteiger charge is -2.07. The molecule has 8 heavy (non-hydrogen) atoms. The van der Waals surface area contributed by atoms with Gasteiger partial charge >= 0.3 is 0 Å². The topological polar surface area (TPSA) is 37.3 Å². The number of carbonyl (C=O) groups is 1. The molecule has 0 amide bonds. The molecule has 48 valence electrons. The molecule has 0 bridgehead atoms. The highest BCUT2D eigenvalue weighted by Gasteiger charge is 2.13. The quantitative estimate of drug-likeness (QED) is 0.538. The molecule has 0 fully saturated rings. The average molecular weight is 134 g/mol. The highest BCUT2D eigenvalue weighted by Crippen LogP contribution is 2.02. The van der Waals surface area contributed by atoms with E-state index in [9.17, 15) is 4.79 Å². The zero-order valence-electron chi connectivity index (χ0n) is 4.96. The van der Waals surface area contributed by atoms with Crippen molar-refractivity contribution >= 4 is 17.7 Å². The second-order valence-electron chi connectivity index (χ2n) is 2.03. The van der Waals surface area contributed by atoms with Crippen LogP contribution in [-0.4, -0.2) is 16.3 Å². The highest BCUT2D eigenvalue weighted by molar-refractivity contribution is 7.96. The zero-order chi connectivity index (χ0) is 6.73. The summed E-state index contributed by atoms with van der Waals surface area (Å²) in [5.74, 6) is -0.0278. The lowest BCUT2D eigenvalue weighted by Crippen LogP contribution is -2.21. The molecule has 0 aromatic heterocycles. The SMILES string of the molecule is CC(C)C(O)C(=O)S. The first-order valence-electron chi connectivity index (χ1n) is 2.46. The first kappa shape index (κ1) is 7.98. The molecule has 0 rings (SSSR count). The van der Waals surface area contributed by atoms with Gasteiger partial charge in [-0.3, -0.25) is 4.79 Å². The van der Waals surface area contributed by atoms with Gasteiger partial charge in [0.05, 0.1) is 0 Å². The van der Waals surface area contributed by atoms with E-state index in [0.717, 1.165) is 0 Å². The Bertz CT molecular complexity index is 90.4. The second kappa shape index (κ2) is 3.10. The average Bonchev–Trinajstić information content (AvgIpc) is 1.64. The largest absolute Gasteiger partial charge is 0.384 e. The van der Waals surface area contributed by atoms with Crippen LogP contribution in [0, 0.1) is 5.92 Å². The summed E-state index contributed by atoms with van der Waals surface area (Å²) in [6, 6.07) is 0. The van der Waals surface area contributed by atoms with E-state index in [0.29, 0.717) is 0 Å². The number of aliphatic hydroxyl groups excluding tert-OH is 1. The first-order valence-corrected chi connectivity index (χ1v) is 2.91. The Morgan fingerprint density at radius 1 is 1.62 bits per heavy atom. The summed E-state index contributed by atoms with van der Waals surface area (Å²) in [5, 5.41) is 8.32. The minimum atomic E-state index is -0.904. The lowest BCUT2D eigenvalue weighted by atomic mass is 10.1. The fourth-order valence-electron chi connectivity index (χ4n) is 0.285. The number of rotatable bonds is 2. The normalized spacial score (nSPS) is 14.1. The Morgan fingerprint density at radius 2 is 2.00 bits per heavy atom. The molecule has 0 radical (unpaired) electrons. The molecule has 0 aliphatic carbocycles. The lowest BCUT2D eigenvalue weighted by molar-refractivity contribution is -0.119. The van der Waals surface area contributed by atoms with Crippen LogP contribution in [0.15, 0.2) is 0 Å². The maximum Gasteiger partial charge on any atom is 0.214 e. The minimum absolute atomic E-state index is 0.0278. The molecule has 0 aromatic rings. The molecule has 3 heteroatoms. The Balaban J connectivity index is 3.64. The van der Waals surface area contributed by atoms with Crippen LogP contribution in [0.4, 0.5) is 0 Å². The van der Waals surface area contributed by atoms with E-state index in [-0.39, 0.29) is 5.92 Å². The van der Waals surface area contributed by atoms with Crippen LogP contribution in [0.1, 0.15) is 13.8 Å². The van der Waals surface area contributed by atoms with Gasteiger partial charge < -0.3 is 5.11 Å². The molecular formula is C5H10O2S. The molecule has 2 nitrogen and oxygen atoms in total. The molecule has 0 heterocycles. The molecule has 1 atom stereocenters. The van der Waals surface area contributed by atoms with E-state index in [1.54, 1.807) is 13.8 Å². The Morgan fingerprint density at radius 3 is 2.00 bits per heavy atom. The summed E-state index contributed by atoms with van der Waals surface area (Å²) < 4.78 is 0. The summed E-state index contributed by atoms with van der Waals surface area (Å²) in [5.41, 5.74) is 0. The predicted octanol–water partition coefficient (Wildman–Crippen LogP) is 0.460. The van der Waals surface area contributed by atoms with Crippen molar-refractivity contribution in [1.29, 1.82) is 0 Å². The van der Waals surface area contributed by atoms with Gasteiger partial charge in [0.2, 0.25) is 5.12 Å². The fraction of sp³-hybridized carbons (Fsp3) is 0.800. The van der Waals surface area contributed by atoms with Crippen LogP contribution in [0.3, 0.4) is 0 Å². The van der Waals surface area contributed by atoms with Crippen molar-refractivity contribution in [3.05, 3.63) is 0 Å². The number of thiol groups is 1. The molecule has 0 aliphatic rings. The van der Waals surface area contributed by atoms with Crippen LogP contribution in [0.2, 0.25) is 0 Å². The van der Waals surface area contributed by atoms with Gasteiger partial charge in [0.15, 0.2) is 0 Å².